The molecule has 6 heteroatoms. The van der Waals surface area contributed by atoms with Crippen LogP contribution in [0.15, 0.2) is 24.4 Å². The third-order valence-corrected chi connectivity index (χ3v) is 4.90. The minimum absolute atomic E-state index is 0.125. The molecular formula is C15H18N2O3S. The van der Waals surface area contributed by atoms with Crippen LogP contribution in [0.1, 0.15) is 35.8 Å². The van der Waals surface area contributed by atoms with Crippen molar-refractivity contribution in [2.24, 2.45) is 0 Å². The first-order valence-corrected chi connectivity index (χ1v) is 7.76. The molecule has 1 aromatic heterocycles. The molecular weight excluding hydrogens is 288 g/mol. The van der Waals surface area contributed by atoms with Crippen molar-refractivity contribution >= 4 is 29.7 Å². The number of hydrogen-bond acceptors (Lipinski definition) is 4. The van der Waals surface area contributed by atoms with Crippen LogP contribution in [0.4, 0.5) is 0 Å². The molecule has 1 atom stereocenters. The molecule has 1 aromatic rings. The number of carboxylic acids is 1. The minimum atomic E-state index is -1.01. The number of aliphatic carboxylic acids is 1. The van der Waals surface area contributed by atoms with Crippen molar-refractivity contribution in [1.82, 2.24) is 10.3 Å². The van der Waals surface area contributed by atoms with E-state index in [2.05, 4.69) is 17.2 Å². The maximum Gasteiger partial charge on any atom is 0.328 e. The molecule has 0 radical (unpaired) electrons. The summed E-state index contributed by atoms with van der Waals surface area (Å²) in [7, 11) is 0. The average molecular weight is 306 g/mol. The molecule has 2 rings (SSSR count). The zero-order valence-corrected chi connectivity index (χ0v) is 12.7. The Kier molecular flexibility index (Phi) is 5.01. The van der Waals surface area contributed by atoms with Gasteiger partial charge in [0.05, 0.1) is 0 Å². The highest BCUT2D eigenvalue weighted by Crippen LogP contribution is 2.36. The summed E-state index contributed by atoms with van der Waals surface area (Å²) in [6, 6.07) is 3.27. The van der Waals surface area contributed by atoms with Gasteiger partial charge >= 0.3 is 5.97 Å². The van der Waals surface area contributed by atoms with Gasteiger partial charge in [-0.25, -0.2) is 4.79 Å². The number of pyridine rings is 1. The molecule has 0 spiro atoms. The van der Waals surface area contributed by atoms with Crippen LogP contribution >= 0.6 is 11.8 Å². The Hall–Kier alpha value is -1.82. The molecule has 112 valence electrons. The summed E-state index contributed by atoms with van der Waals surface area (Å²) in [6.07, 6.45) is 6.27. The lowest BCUT2D eigenvalue weighted by molar-refractivity contribution is -0.131. The molecule has 0 saturated carbocycles. The highest BCUT2D eigenvalue weighted by atomic mass is 32.2. The SMILES string of the molecule is CC1(CNC(=O)c2ccc(/C=C/C(=O)O)cn2)CCCS1. The number of rotatable bonds is 5. The fraction of sp³-hybridized carbons (Fsp3) is 0.400. The predicted molar refractivity (Wildman–Crippen MR) is 83.3 cm³/mol. The molecule has 1 amide bonds. The molecule has 2 heterocycles. The Morgan fingerprint density at radius 2 is 2.33 bits per heavy atom. The van der Waals surface area contributed by atoms with Crippen LogP contribution in [-0.4, -0.2) is 39.0 Å². The van der Waals surface area contributed by atoms with Crippen LogP contribution in [0, 0.1) is 0 Å². The number of thioether (sulfide) groups is 1. The van der Waals surface area contributed by atoms with Crippen LogP contribution in [0.2, 0.25) is 0 Å². The number of amides is 1. The van der Waals surface area contributed by atoms with Crippen LogP contribution in [-0.2, 0) is 4.79 Å². The molecule has 1 fully saturated rings. The van der Waals surface area contributed by atoms with Crippen molar-refractivity contribution in [3.05, 3.63) is 35.7 Å². The summed E-state index contributed by atoms with van der Waals surface area (Å²) in [5, 5.41) is 11.5. The summed E-state index contributed by atoms with van der Waals surface area (Å²) in [5.41, 5.74) is 0.987. The van der Waals surface area contributed by atoms with Gasteiger partial charge < -0.3 is 10.4 Å². The smallest absolute Gasteiger partial charge is 0.328 e. The van der Waals surface area contributed by atoms with E-state index in [9.17, 15) is 9.59 Å². The molecule has 5 nitrogen and oxygen atoms in total. The maximum atomic E-state index is 12.0. The van der Waals surface area contributed by atoms with Gasteiger partial charge in [-0.15, -0.1) is 0 Å². The summed E-state index contributed by atoms with van der Waals surface area (Å²) in [6.45, 7) is 2.80. The number of hydrogen-bond donors (Lipinski definition) is 2. The molecule has 0 aliphatic carbocycles. The average Bonchev–Trinajstić information content (AvgIpc) is 2.90. The van der Waals surface area contributed by atoms with Gasteiger partial charge in [-0.3, -0.25) is 9.78 Å². The molecule has 1 aliphatic heterocycles. The summed E-state index contributed by atoms with van der Waals surface area (Å²) < 4.78 is 0.125. The zero-order valence-electron chi connectivity index (χ0n) is 11.8. The standard InChI is InChI=1S/C15H18N2O3S/c1-15(7-2-8-21-15)10-17-14(20)12-5-3-11(9-16-12)4-6-13(18)19/h3-6,9H,2,7-8,10H2,1H3,(H,17,20)(H,18,19)/b6-4+. The zero-order chi connectivity index (χ0) is 15.3. The van der Waals surface area contributed by atoms with Crippen molar-refractivity contribution in [1.29, 1.82) is 0 Å². The second-order valence-electron chi connectivity index (χ2n) is 5.23. The monoisotopic (exact) mass is 306 g/mol. The third-order valence-electron chi connectivity index (χ3n) is 3.36. The first-order valence-electron chi connectivity index (χ1n) is 6.78. The van der Waals surface area contributed by atoms with E-state index in [1.165, 1.54) is 18.7 Å². The largest absolute Gasteiger partial charge is 0.478 e. The topological polar surface area (TPSA) is 79.3 Å². The van der Waals surface area contributed by atoms with Crippen LogP contribution in [0.5, 0.6) is 0 Å². The molecule has 21 heavy (non-hydrogen) atoms. The normalized spacial score (nSPS) is 21.6. The van der Waals surface area contributed by atoms with Gasteiger partial charge in [0.15, 0.2) is 0 Å². The summed E-state index contributed by atoms with van der Waals surface area (Å²) >= 11 is 1.89. The Balaban J connectivity index is 1.92. The van der Waals surface area contributed by atoms with Gasteiger partial charge in [-0.1, -0.05) is 6.07 Å². The van der Waals surface area contributed by atoms with Gasteiger partial charge in [-0.2, -0.15) is 11.8 Å². The van der Waals surface area contributed by atoms with Crippen molar-refractivity contribution in [3.63, 3.8) is 0 Å². The third kappa shape index (κ3) is 4.60. The Bertz CT molecular complexity index is 549. The van der Waals surface area contributed by atoms with E-state index in [0.29, 0.717) is 17.8 Å². The van der Waals surface area contributed by atoms with E-state index >= 15 is 0 Å². The number of nitrogens with zero attached hydrogens (tertiary/aromatic N) is 1. The van der Waals surface area contributed by atoms with Gasteiger partial charge in [0, 0.05) is 23.6 Å². The molecule has 0 bridgehead atoms. The molecule has 1 saturated heterocycles. The molecule has 2 N–H and O–H groups in total. The number of carboxylic acid groups (broad SMARTS) is 1. The van der Waals surface area contributed by atoms with Gasteiger partial charge in [0.25, 0.3) is 5.91 Å². The van der Waals surface area contributed by atoms with Crippen LogP contribution in [0.3, 0.4) is 0 Å². The first-order chi connectivity index (χ1) is 9.98. The van der Waals surface area contributed by atoms with Crippen molar-refractivity contribution in [2.45, 2.75) is 24.5 Å². The summed E-state index contributed by atoms with van der Waals surface area (Å²) in [5.74, 6) is -0.0634. The quantitative estimate of drug-likeness (QED) is 0.815. The van der Waals surface area contributed by atoms with Gasteiger partial charge in [0.1, 0.15) is 5.69 Å². The fourth-order valence-corrected chi connectivity index (χ4v) is 3.38. The minimum Gasteiger partial charge on any atom is -0.478 e. The Morgan fingerprint density at radius 3 is 2.90 bits per heavy atom. The lowest BCUT2D eigenvalue weighted by atomic mass is 10.1. The Labute approximate surface area is 127 Å². The van der Waals surface area contributed by atoms with E-state index in [1.54, 1.807) is 12.1 Å². The fourth-order valence-electron chi connectivity index (χ4n) is 2.14. The second kappa shape index (κ2) is 6.76. The van der Waals surface area contributed by atoms with Crippen LogP contribution in [0.25, 0.3) is 6.08 Å². The highest BCUT2D eigenvalue weighted by molar-refractivity contribution is 8.00. The number of aromatic nitrogens is 1. The van der Waals surface area contributed by atoms with Crippen LogP contribution < -0.4 is 5.32 Å². The molecule has 0 aromatic carbocycles. The number of carbonyl (C=O) groups excluding carboxylic acids is 1. The summed E-state index contributed by atoms with van der Waals surface area (Å²) in [4.78, 5) is 26.5. The predicted octanol–water partition coefficient (Wildman–Crippen LogP) is 2.19. The number of carbonyl (C=O) groups is 2. The first kappa shape index (κ1) is 15.6. The van der Waals surface area contributed by atoms with Crippen molar-refractivity contribution < 1.29 is 14.7 Å². The van der Waals surface area contributed by atoms with Gasteiger partial charge in [0.2, 0.25) is 0 Å². The lowest BCUT2D eigenvalue weighted by Crippen LogP contribution is -2.37. The van der Waals surface area contributed by atoms with Gasteiger partial charge in [-0.05, 0) is 43.2 Å². The van der Waals surface area contributed by atoms with E-state index in [1.807, 2.05) is 11.8 Å². The highest BCUT2D eigenvalue weighted by Gasteiger charge is 2.29. The van der Waals surface area contributed by atoms with E-state index in [4.69, 9.17) is 5.11 Å². The van der Waals surface area contributed by atoms with Crippen molar-refractivity contribution in [2.75, 3.05) is 12.3 Å². The van der Waals surface area contributed by atoms with Crippen molar-refractivity contribution in [3.8, 4) is 0 Å². The van der Waals surface area contributed by atoms with E-state index < -0.39 is 5.97 Å². The molecule has 1 unspecified atom stereocenters. The van der Waals surface area contributed by atoms with E-state index in [-0.39, 0.29) is 10.7 Å². The van der Waals surface area contributed by atoms with E-state index in [0.717, 1.165) is 18.2 Å². The maximum absolute atomic E-state index is 12.0. The lowest BCUT2D eigenvalue weighted by Gasteiger charge is -2.22. The molecule has 1 aliphatic rings. The second-order valence-corrected chi connectivity index (χ2v) is 6.92. The number of nitrogens with one attached hydrogen (secondary N) is 1. The Morgan fingerprint density at radius 1 is 1.52 bits per heavy atom.